The van der Waals surface area contributed by atoms with E-state index in [1.807, 2.05) is 32.9 Å². The monoisotopic (exact) mass is 268 g/mol. The molecule has 0 saturated heterocycles. The molecule has 1 aromatic carbocycles. The molecule has 0 atom stereocenters. The molecule has 0 spiro atoms. The number of amides is 1. The van der Waals surface area contributed by atoms with Crippen molar-refractivity contribution in [2.24, 2.45) is 0 Å². The first kappa shape index (κ1) is 13.0. The summed E-state index contributed by atoms with van der Waals surface area (Å²) in [6.45, 7) is 6.36. The Hall–Kier alpha value is -1.42. The molecule has 0 bridgehead atoms. The van der Waals surface area contributed by atoms with Gasteiger partial charge in [-0.1, -0.05) is 11.6 Å². The normalized spacial score (nSPS) is 13.8. The van der Waals surface area contributed by atoms with Gasteiger partial charge in [0.15, 0.2) is 0 Å². The predicted octanol–water partition coefficient (Wildman–Crippen LogP) is 3.66. The molecule has 0 fully saturated rings. The van der Waals surface area contributed by atoms with Crippen LogP contribution in [0.5, 0.6) is 0 Å². The third-order valence-corrected chi connectivity index (χ3v) is 2.85. The predicted molar refractivity (Wildman–Crippen MR) is 73.5 cm³/mol. The quantitative estimate of drug-likeness (QED) is 0.817. The SMILES string of the molecule is CC(C)(C)OC(=O)Nc1cc2c(cc1Cl)CCN2. The fourth-order valence-corrected chi connectivity index (χ4v) is 2.06. The van der Waals surface area contributed by atoms with Crippen LogP contribution in [0.15, 0.2) is 12.1 Å². The molecule has 98 valence electrons. The molecule has 1 aliphatic rings. The fraction of sp³-hybridized carbons (Fsp3) is 0.462. The summed E-state index contributed by atoms with van der Waals surface area (Å²) in [5, 5.41) is 6.43. The van der Waals surface area contributed by atoms with E-state index in [1.54, 1.807) is 0 Å². The van der Waals surface area contributed by atoms with E-state index in [1.165, 1.54) is 5.56 Å². The molecule has 1 heterocycles. The van der Waals surface area contributed by atoms with Crippen molar-refractivity contribution in [1.82, 2.24) is 0 Å². The first-order valence-electron chi connectivity index (χ1n) is 5.91. The van der Waals surface area contributed by atoms with E-state index in [-0.39, 0.29) is 0 Å². The number of hydrogen-bond acceptors (Lipinski definition) is 3. The number of carbonyl (C=O) groups excluding carboxylic acids is 1. The summed E-state index contributed by atoms with van der Waals surface area (Å²) in [5.41, 5.74) is 2.24. The minimum atomic E-state index is -0.522. The lowest BCUT2D eigenvalue weighted by molar-refractivity contribution is 0.0636. The number of anilines is 2. The minimum Gasteiger partial charge on any atom is -0.444 e. The van der Waals surface area contributed by atoms with Crippen molar-refractivity contribution in [2.75, 3.05) is 17.2 Å². The summed E-state index contributed by atoms with van der Waals surface area (Å²) < 4.78 is 5.19. The second kappa shape index (κ2) is 4.69. The highest BCUT2D eigenvalue weighted by molar-refractivity contribution is 6.33. The van der Waals surface area contributed by atoms with Gasteiger partial charge in [-0.15, -0.1) is 0 Å². The zero-order valence-corrected chi connectivity index (χ0v) is 11.5. The van der Waals surface area contributed by atoms with Crippen LogP contribution in [0.2, 0.25) is 5.02 Å². The van der Waals surface area contributed by atoms with Gasteiger partial charge in [0.25, 0.3) is 0 Å². The third-order valence-electron chi connectivity index (χ3n) is 2.54. The summed E-state index contributed by atoms with van der Waals surface area (Å²) in [4.78, 5) is 11.7. The van der Waals surface area contributed by atoms with E-state index >= 15 is 0 Å². The number of ether oxygens (including phenoxy) is 1. The van der Waals surface area contributed by atoms with Crippen LogP contribution in [0, 0.1) is 0 Å². The Kier molecular flexibility index (Phi) is 3.39. The zero-order chi connectivity index (χ0) is 13.3. The maximum Gasteiger partial charge on any atom is 0.412 e. The van der Waals surface area contributed by atoms with Crippen LogP contribution in [0.3, 0.4) is 0 Å². The van der Waals surface area contributed by atoms with Crippen LogP contribution < -0.4 is 10.6 Å². The molecule has 1 aromatic rings. The van der Waals surface area contributed by atoms with Crippen molar-refractivity contribution in [1.29, 1.82) is 0 Å². The molecule has 0 radical (unpaired) electrons. The number of rotatable bonds is 1. The maximum atomic E-state index is 11.7. The molecule has 2 rings (SSSR count). The van der Waals surface area contributed by atoms with Crippen LogP contribution in [0.25, 0.3) is 0 Å². The summed E-state index contributed by atoms with van der Waals surface area (Å²) in [7, 11) is 0. The van der Waals surface area contributed by atoms with E-state index in [0.29, 0.717) is 10.7 Å². The largest absolute Gasteiger partial charge is 0.444 e. The number of halogens is 1. The Morgan fingerprint density at radius 3 is 2.83 bits per heavy atom. The zero-order valence-electron chi connectivity index (χ0n) is 10.8. The number of hydrogen-bond donors (Lipinski definition) is 2. The highest BCUT2D eigenvalue weighted by Gasteiger charge is 2.19. The molecule has 2 N–H and O–H groups in total. The van der Waals surface area contributed by atoms with E-state index < -0.39 is 11.7 Å². The third kappa shape index (κ3) is 3.07. The fourth-order valence-electron chi connectivity index (χ4n) is 1.83. The number of benzene rings is 1. The molecular weight excluding hydrogens is 252 g/mol. The number of carbonyl (C=O) groups is 1. The highest BCUT2D eigenvalue weighted by atomic mass is 35.5. The summed E-state index contributed by atoms with van der Waals surface area (Å²) >= 11 is 6.13. The average Bonchev–Trinajstić information content (AvgIpc) is 2.62. The molecule has 1 aliphatic heterocycles. The topological polar surface area (TPSA) is 50.4 Å². The lowest BCUT2D eigenvalue weighted by Crippen LogP contribution is -2.27. The van der Waals surface area contributed by atoms with Gasteiger partial charge in [-0.3, -0.25) is 5.32 Å². The first-order valence-corrected chi connectivity index (χ1v) is 6.29. The van der Waals surface area contributed by atoms with Crippen LogP contribution in [-0.4, -0.2) is 18.2 Å². The second-order valence-corrected chi connectivity index (χ2v) is 5.70. The van der Waals surface area contributed by atoms with Crippen LogP contribution in [0.4, 0.5) is 16.2 Å². The lowest BCUT2D eigenvalue weighted by Gasteiger charge is -2.20. The standard InChI is InChI=1S/C13H17ClN2O2/c1-13(2,3)18-12(17)16-11-7-10-8(4-5-15-10)6-9(11)14/h6-7,15H,4-5H2,1-3H3,(H,16,17). The molecule has 18 heavy (non-hydrogen) atoms. The van der Waals surface area contributed by atoms with Gasteiger partial charge < -0.3 is 10.1 Å². The smallest absolute Gasteiger partial charge is 0.412 e. The van der Waals surface area contributed by atoms with Crippen molar-refractivity contribution in [3.63, 3.8) is 0 Å². The van der Waals surface area contributed by atoms with E-state index in [4.69, 9.17) is 16.3 Å². The van der Waals surface area contributed by atoms with Crippen molar-refractivity contribution < 1.29 is 9.53 Å². The number of fused-ring (bicyclic) bond motifs is 1. The Bertz CT molecular complexity index is 481. The van der Waals surface area contributed by atoms with Crippen LogP contribution in [0.1, 0.15) is 26.3 Å². The van der Waals surface area contributed by atoms with Crippen molar-refractivity contribution in [2.45, 2.75) is 32.8 Å². The molecule has 4 nitrogen and oxygen atoms in total. The molecule has 0 aliphatic carbocycles. The van der Waals surface area contributed by atoms with Crippen LogP contribution >= 0.6 is 11.6 Å². The molecule has 0 saturated carbocycles. The van der Waals surface area contributed by atoms with Gasteiger partial charge in [0.1, 0.15) is 5.60 Å². The lowest BCUT2D eigenvalue weighted by atomic mass is 10.1. The molecule has 1 amide bonds. The first-order chi connectivity index (χ1) is 8.35. The highest BCUT2D eigenvalue weighted by Crippen LogP contribution is 2.32. The maximum absolute atomic E-state index is 11.7. The Labute approximate surface area is 112 Å². The van der Waals surface area contributed by atoms with E-state index in [9.17, 15) is 4.79 Å². The van der Waals surface area contributed by atoms with E-state index in [2.05, 4.69) is 10.6 Å². The van der Waals surface area contributed by atoms with Gasteiger partial charge in [0.2, 0.25) is 0 Å². The summed E-state index contributed by atoms with van der Waals surface area (Å²) in [6, 6.07) is 3.72. The van der Waals surface area contributed by atoms with Crippen molar-refractivity contribution >= 4 is 29.1 Å². The van der Waals surface area contributed by atoms with Gasteiger partial charge in [-0.25, -0.2) is 4.79 Å². The molecule has 0 aromatic heterocycles. The molecular formula is C13H17ClN2O2. The van der Waals surface area contributed by atoms with Gasteiger partial charge in [0.05, 0.1) is 10.7 Å². The average molecular weight is 269 g/mol. The second-order valence-electron chi connectivity index (χ2n) is 5.29. The van der Waals surface area contributed by atoms with Crippen LogP contribution in [-0.2, 0) is 11.2 Å². The van der Waals surface area contributed by atoms with E-state index in [0.717, 1.165) is 18.7 Å². The van der Waals surface area contributed by atoms with Gasteiger partial charge in [-0.05, 0) is 44.9 Å². The Morgan fingerprint density at radius 1 is 1.44 bits per heavy atom. The van der Waals surface area contributed by atoms with Gasteiger partial charge >= 0.3 is 6.09 Å². The van der Waals surface area contributed by atoms with Crippen molar-refractivity contribution in [3.05, 3.63) is 22.7 Å². The Balaban J connectivity index is 2.12. The number of nitrogens with one attached hydrogen (secondary N) is 2. The van der Waals surface area contributed by atoms with Gasteiger partial charge in [-0.2, -0.15) is 0 Å². The molecule has 0 unspecified atom stereocenters. The Morgan fingerprint density at radius 2 is 2.17 bits per heavy atom. The summed E-state index contributed by atoms with van der Waals surface area (Å²) in [5.74, 6) is 0. The van der Waals surface area contributed by atoms with Crippen molar-refractivity contribution in [3.8, 4) is 0 Å². The van der Waals surface area contributed by atoms with Gasteiger partial charge in [0, 0.05) is 12.2 Å². The minimum absolute atomic E-state index is 0.498. The summed E-state index contributed by atoms with van der Waals surface area (Å²) in [6.07, 6.45) is 0.462. The molecule has 5 heteroatoms.